The second-order valence-electron chi connectivity index (χ2n) is 2.62. The Morgan fingerprint density at radius 1 is 1.62 bits per heavy atom. The quantitative estimate of drug-likeness (QED) is 0.844. The first-order chi connectivity index (χ1) is 6.15. The molecule has 1 aromatic rings. The molecule has 0 amide bonds. The highest BCUT2D eigenvalue weighted by Crippen LogP contribution is 2.35. The predicted octanol–water partition coefficient (Wildman–Crippen LogP) is 3.69. The average molecular weight is 323 g/mol. The lowest BCUT2D eigenvalue weighted by molar-refractivity contribution is 0.679. The van der Waals surface area contributed by atoms with Crippen LogP contribution in [-0.4, -0.2) is 0 Å². The number of halogens is 2. The van der Waals surface area contributed by atoms with Crippen molar-refractivity contribution in [1.82, 2.24) is 0 Å². The van der Waals surface area contributed by atoms with Gasteiger partial charge in [-0.2, -0.15) is 0 Å². The van der Waals surface area contributed by atoms with Crippen molar-refractivity contribution in [3.8, 4) is 12.3 Å². The minimum atomic E-state index is 0.0589. The predicted molar refractivity (Wildman–Crippen MR) is 64.7 cm³/mol. The fourth-order valence-corrected chi connectivity index (χ4v) is 3.05. The molecule has 0 saturated heterocycles. The topological polar surface area (TPSA) is 26.0 Å². The molecule has 0 saturated carbocycles. The molecular formula is C9H9Br2NS. The number of terminal acetylenes is 1. The van der Waals surface area contributed by atoms with E-state index >= 15 is 0 Å². The van der Waals surface area contributed by atoms with Gasteiger partial charge in [-0.05, 0) is 44.3 Å². The second kappa shape index (κ2) is 5.16. The van der Waals surface area contributed by atoms with E-state index in [1.54, 1.807) is 11.3 Å². The molecule has 1 aromatic heterocycles. The van der Waals surface area contributed by atoms with Gasteiger partial charge in [-0.1, -0.05) is 0 Å². The van der Waals surface area contributed by atoms with Crippen molar-refractivity contribution < 1.29 is 0 Å². The van der Waals surface area contributed by atoms with E-state index in [0.717, 1.165) is 26.0 Å². The van der Waals surface area contributed by atoms with Crippen LogP contribution in [0.5, 0.6) is 0 Å². The molecule has 1 heterocycles. The molecule has 0 aliphatic carbocycles. The first-order valence-corrected chi connectivity index (χ1v) is 6.19. The van der Waals surface area contributed by atoms with Gasteiger partial charge >= 0.3 is 0 Å². The van der Waals surface area contributed by atoms with Crippen LogP contribution in [-0.2, 0) is 0 Å². The van der Waals surface area contributed by atoms with E-state index in [0.29, 0.717) is 0 Å². The Kier molecular flexibility index (Phi) is 4.47. The van der Waals surface area contributed by atoms with Gasteiger partial charge in [-0.15, -0.1) is 23.7 Å². The molecule has 0 aliphatic rings. The van der Waals surface area contributed by atoms with Crippen molar-refractivity contribution in [2.24, 2.45) is 5.73 Å². The summed E-state index contributed by atoms with van der Waals surface area (Å²) in [6, 6.07) is 2.10. The molecule has 0 bridgehead atoms. The van der Waals surface area contributed by atoms with Crippen LogP contribution in [0.1, 0.15) is 23.8 Å². The molecule has 0 aromatic carbocycles. The third kappa shape index (κ3) is 3.10. The van der Waals surface area contributed by atoms with Crippen molar-refractivity contribution in [3.63, 3.8) is 0 Å². The molecule has 2 N–H and O–H groups in total. The summed E-state index contributed by atoms with van der Waals surface area (Å²) in [5, 5.41) is 0. The summed E-state index contributed by atoms with van der Waals surface area (Å²) < 4.78 is 2.14. The van der Waals surface area contributed by atoms with E-state index in [1.807, 2.05) is 6.07 Å². The van der Waals surface area contributed by atoms with Gasteiger partial charge in [-0.3, -0.25) is 0 Å². The lowest BCUT2D eigenvalue weighted by atomic mass is 10.1. The normalized spacial score (nSPS) is 12.5. The van der Waals surface area contributed by atoms with E-state index in [2.05, 4.69) is 37.8 Å². The first kappa shape index (κ1) is 11.3. The van der Waals surface area contributed by atoms with Crippen LogP contribution in [0.3, 0.4) is 0 Å². The van der Waals surface area contributed by atoms with Gasteiger partial charge < -0.3 is 5.73 Å². The highest BCUT2D eigenvalue weighted by molar-refractivity contribution is 9.13. The third-order valence-corrected chi connectivity index (χ3v) is 5.02. The van der Waals surface area contributed by atoms with Gasteiger partial charge in [0.1, 0.15) is 0 Å². The smallest absolute Gasteiger partial charge is 0.0843 e. The van der Waals surface area contributed by atoms with Gasteiger partial charge in [0.2, 0.25) is 0 Å². The molecule has 0 aliphatic heterocycles. The van der Waals surface area contributed by atoms with Crippen molar-refractivity contribution >= 4 is 43.2 Å². The minimum Gasteiger partial charge on any atom is -0.323 e. The Balaban J connectivity index is 2.67. The highest BCUT2D eigenvalue weighted by atomic mass is 79.9. The monoisotopic (exact) mass is 321 g/mol. The standard InChI is InChI=1S/C9H9Br2NS/c1-2-3-4-7(12)8-5-6(10)9(11)13-8/h1,5,7H,3-4,12H2. The Morgan fingerprint density at radius 2 is 2.31 bits per heavy atom. The fourth-order valence-electron chi connectivity index (χ4n) is 0.927. The summed E-state index contributed by atoms with van der Waals surface area (Å²) >= 11 is 8.50. The lowest BCUT2D eigenvalue weighted by Gasteiger charge is -2.05. The summed E-state index contributed by atoms with van der Waals surface area (Å²) in [7, 11) is 0. The molecule has 70 valence electrons. The molecule has 0 radical (unpaired) electrons. The molecular weight excluding hydrogens is 314 g/mol. The largest absolute Gasteiger partial charge is 0.323 e. The van der Waals surface area contributed by atoms with Gasteiger partial charge in [0, 0.05) is 21.8 Å². The molecule has 0 fully saturated rings. The fraction of sp³-hybridized carbons (Fsp3) is 0.333. The second-order valence-corrected chi connectivity index (χ2v) is 5.88. The highest BCUT2D eigenvalue weighted by Gasteiger charge is 2.10. The Hall–Kier alpha value is 0.180. The van der Waals surface area contributed by atoms with Gasteiger partial charge in [0.05, 0.1) is 3.79 Å². The first-order valence-electron chi connectivity index (χ1n) is 3.79. The van der Waals surface area contributed by atoms with E-state index in [9.17, 15) is 0 Å². The zero-order valence-electron chi connectivity index (χ0n) is 6.89. The van der Waals surface area contributed by atoms with Crippen molar-refractivity contribution in [3.05, 3.63) is 19.2 Å². The third-order valence-electron chi connectivity index (χ3n) is 1.63. The Labute approximate surface area is 99.0 Å². The lowest BCUT2D eigenvalue weighted by Crippen LogP contribution is -2.07. The zero-order valence-corrected chi connectivity index (χ0v) is 10.9. The number of thiophene rings is 1. The van der Waals surface area contributed by atoms with E-state index in [4.69, 9.17) is 12.2 Å². The van der Waals surface area contributed by atoms with Crippen LogP contribution in [0.25, 0.3) is 0 Å². The number of nitrogens with two attached hydrogens (primary N) is 1. The number of hydrogen-bond acceptors (Lipinski definition) is 2. The Morgan fingerprint density at radius 3 is 2.77 bits per heavy atom. The maximum Gasteiger partial charge on any atom is 0.0843 e. The van der Waals surface area contributed by atoms with E-state index in [-0.39, 0.29) is 6.04 Å². The van der Waals surface area contributed by atoms with Crippen LogP contribution in [0.15, 0.2) is 14.3 Å². The van der Waals surface area contributed by atoms with Gasteiger partial charge in [0.25, 0.3) is 0 Å². The van der Waals surface area contributed by atoms with E-state index in [1.165, 1.54) is 0 Å². The van der Waals surface area contributed by atoms with E-state index < -0.39 is 0 Å². The zero-order chi connectivity index (χ0) is 9.84. The van der Waals surface area contributed by atoms with Crippen LogP contribution in [0.4, 0.5) is 0 Å². The SMILES string of the molecule is C#CCCC(N)c1cc(Br)c(Br)s1. The molecule has 1 unspecified atom stereocenters. The van der Waals surface area contributed by atoms with Crippen molar-refractivity contribution in [2.75, 3.05) is 0 Å². The molecule has 1 rings (SSSR count). The minimum absolute atomic E-state index is 0.0589. The summed E-state index contributed by atoms with van der Waals surface area (Å²) in [5.74, 6) is 2.59. The maximum absolute atomic E-state index is 5.94. The number of rotatable bonds is 3. The summed E-state index contributed by atoms with van der Waals surface area (Å²) in [5.41, 5.74) is 5.94. The molecule has 1 atom stereocenters. The van der Waals surface area contributed by atoms with Gasteiger partial charge in [0.15, 0.2) is 0 Å². The molecule has 0 spiro atoms. The summed E-state index contributed by atoms with van der Waals surface area (Å²) in [6.07, 6.45) is 6.74. The van der Waals surface area contributed by atoms with Gasteiger partial charge in [-0.25, -0.2) is 0 Å². The molecule has 4 heteroatoms. The van der Waals surface area contributed by atoms with Crippen LogP contribution in [0, 0.1) is 12.3 Å². The van der Waals surface area contributed by atoms with Crippen molar-refractivity contribution in [2.45, 2.75) is 18.9 Å². The van der Waals surface area contributed by atoms with Crippen LogP contribution >= 0.6 is 43.2 Å². The van der Waals surface area contributed by atoms with Crippen molar-refractivity contribution in [1.29, 1.82) is 0 Å². The van der Waals surface area contributed by atoms with Crippen LogP contribution < -0.4 is 5.73 Å². The number of hydrogen-bond donors (Lipinski definition) is 1. The molecule has 1 nitrogen and oxygen atoms in total. The van der Waals surface area contributed by atoms with Crippen LogP contribution in [0.2, 0.25) is 0 Å². The molecule has 13 heavy (non-hydrogen) atoms. The Bertz CT molecular complexity index is 307. The maximum atomic E-state index is 5.94. The summed E-state index contributed by atoms with van der Waals surface area (Å²) in [6.45, 7) is 0. The average Bonchev–Trinajstić information content (AvgIpc) is 2.43. The summed E-state index contributed by atoms with van der Waals surface area (Å²) in [4.78, 5) is 1.16.